The van der Waals surface area contributed by atoms with Gasteiger partial charge in [0.2, 0.25) is 0 Å². The minimum atomic E-state index is 0. The Labute approximate surface area is 103 Å². The van der Waals surface area contributed by atoms with E-state index in [1.165, 1.54) is 0 Å². The predicted molar refractivity (Wildman–Crippen MR) is 12.9 cm³/mol. The summed E-state index contributed by atoms with van der Waals surface area (Å²) in [4.78, 5) is 0. The second kappa shape index (κ2) is 28.0. The van der Waals surface area contributed by atoms with Gasteiger partial charge in [-0.3, -0.25) is 0 Å². The third-order valence-corrected chi connectivity index (χ3v) is 0. The van der Waals surface area contributed by atoms with E-state index in [1.54, 1.807) is 0 Å². The van der Waals surface area contributed by atoms with E-state index in [2.05, 4.69) is 0 Å². The van der Waals surface area contributed by atoms with Crippen molar-refractivity contribution in [3.63, 3.8) is 0 Å². The summed E-state index contributed by atoms with van der Waals surface area (Å²) < 4.78 is 0. The number of hydrogen-bond donors (Lipinski definition) is 0. The molecule has 0 saturated heterocycles. The maximum atomic E-state index is 0. The van der Waals surface area contributed by atoms with E-state index in [0.717, 1.165) is 0 Å². The molecule has 0 amide bonds. The molecule has 0 unspecified atom stereocenters. The van der Waals surface area contributed by atoms with Gasteiger partial charge >= 0.3 is 94.3 Å². The van der Waals surface area contributed by atoms with Crippen molar-refractivity contribution in [3.8, 4) is 0 Å². The molecule has 0 bridgehead atoms. The first kappa shape index (κ1) is 43.6. The SMILES string of the molecule is [Ba+2].[Mg+2].[Nb+5].[O-2].[O-2]. The van der Waals surface area contributed by atoms with E-state index in [-0.39, 0.29) is 105 Å². The van der Waals surface area contributed by atoms with Gasteiger partial charge in [0, 0.05) is 0 Å². The Kier molecular flexibility index (Phi) is 244. The van der Waals surface area contributed by atoms with Crippen LogP contribution in [-0.4, -0.2) is 71.9 Å². The zero-order valence-corrected chi connectivity index (χ0v) is 10.7. The van der Waals surface area contributed by atoms with Crippen LogP contribution in [0, 0.1) is 0 Å². The van der Waals surface area contributed by atoms with Crippen LogP contribution in [0.5, 0.6) is 0 Å². The molecular weight excluding hydrogens is 287 g/mol. The fourth-order valence-electron chi connectivity index (χ4n) is 0. The smallest absolute Gasteiger partial charge is 2.00 e. The molecule has 0 spiro atoms. The van der Waals surface area contributed by atoms with Crippen molar-refractivity contribution in [2.75, 3.05) is 0 Å². The predicted octanol–water partition coefficient (Wildman–Crippen LogP) is -1.00. The maximum Gasteiger partial charge on any atom is 5.00 e. The molecule has 0 aromatic rings. The molecule has 2 nitrogen and oxygen atoms in total. The Bertz CT molecular complexity index is 9.61. The third kappa shape index (κ3) is 19.4. The van der Waals surface area contributed by atoms with Gasteiger partial charge in [0.1, 0.15) is 0 Å². The molecule has 0 aliphatic heterocycles. The second-order valence-electron chi connectivity index (χ2n) is 0. The average molecular weight is 287 g/mol. The summed E-state index contributed by atoms with van der Waals surface area (Å²) in [6.07, 6.45) is 0. The van der Waals surface area contributed by atoms with Crippen molar-refractivity contribution in [2.24, 2.45) is 0 Å². The zero-order chi connectivity index (χ0) is 0. The standard InChI is InChI=1S/Ba.Mg.Nb.2O/q2*+2;+5;2*-2. The maximum absolute atomic E-state index is 0. The van der Waals surface area contributed by atoms with E-state index in [4.69, 9.17) is 0 Å². The van der Waals surface area contributed by atoms with Gasteiger partial charge in [-0.15, -0.1) is 0 Å². The average Bonchev–Trinajstić information content (AvgIpc) is 0. The van der Waals surface area contributed by atoms with Crippen molar-refractivity contribution in [1.29, 1.82) is 0 Å². The summed E-state index contributed by atoms with van der Waals surface area (Å²) in [5.74, 6) is 0. The second-order valence-corrected chi connectivity index (χ2v) is 0. The molecule has 0 N–H and O–H groups in total. The van der Waals surface area contributed by atoms with Gasteiger partial charge in [-0.25, -0.2) is 0 Å². The molecule has 0 radical (unpaired) electrons. The number of rotatable bonds is 0. The van der Waals surface area contributed by atoms with Gasteiger partial charge in [0.05, 0.1) is 0 Å². The van der Waals surface area contributed by atoms with Crippen LogP contribution in [0.1, 0.15) is 0 Å². The van der Waals surface area contributed by atoms with Crippen LogP contribution in [0.2, 0.25) is 0 Å². The minimum absolute atomic E-state index is 0. The van der Waals surface area contributed by atoms with E-state index in [9.17, 15) is 0 Å². The Hall–Kier alpha value is 3.00. The summed E-state index contributed by atoms with van der Waals surface area (Å²) >= 11 is 0. The summed E-state index contributed by atoms with van der Waals surface area (Å²) in [7, 11) is 0. The third-order valence-electron chi connectivity index (χ3n) is 0. The van der Waals surface area contributed by atoms with E-state index >= 15 is 0 Å². The molecule has 5 heavy (non-hydrogen) atoms. The first-order valence-corrected chi connectivity index (χ1v) is 0. The molecule has 0 atom stereocenters. The fraction of sp³-hybridized carbons (Fsp3) is 0. The van der Waals surface area contributed by atoms with Gasteiger partial charge in [-0.1, -0.05) is 0 Å². The molecule has 0 heterocycles. The normalized spacial score (nSPS) is 0. The van der Waals surface area contributed by atoms with Crippen molar-refractivity contribution in [2.45, 2.75) is 0 Å². The molecular formula is BaMgNbO2+5. The van der Waals surface area contributed by atoms with Crippen molar-refractivity contribution < 1.29 is 33.3 Å². The molecule has 5 heteroatoms. The van der Waals surface area contributed by atoms with Gasteiger partial charge < -0.3 is 11.0 Å². The van der Waals surface area contributed by atoms with Crippen LogP contribution in [0.3, 0.4) is 0 Å². The molecule has 0 fully saturated rings. The van der Waals surface area contributed by atoms with Gasteiger partial charge in [0.25, 0.3) is 0 Å². The van der Waals surface area contributed by atoms with Gasteiger partial charge in [-0.05, 0) is 0 Å². The van der Waals surface area contributed by atoms with Crippen LogP contribution in [0.4, 0.5) is 0 Å². The van der Waals surface area contributed by atoms with Gasteiger partial charge in [0.15, 0.2) is 0 Å². The summed E-state index contributed by atoms with van der Waals surface area (Å²) in [6.45, 7) is 0. The Morgan fingerprint density at radius 1 is 0.800 bits per heavy atom. The molecule has 0 rings (SSSR count). The zero-order valence-electron chi connectivity index (χ0n) is 2.68. The van der Waals surface area contributed by atoms with Crippen LogP contribution in [0.15, 0.2) is 0 Å². The summed E-state index contributed by atoms with van der Waals surface area (Å²) in [5.41, 5.74) is 0. The van der Waals surface area contributed by atoms with Crippen molar-refractivity contribution in [3.05, 3.63) is 0 Å². The summed E-state index contributed by atoms with van der Waals surface area (Å²) in [6, 6.07) is 0. The topological polar surface area (TPSA) is 57.0 Å². The molecule has 0 aromatic heterocycles. The van der Waals surface area contributed by atoms with E-state index in [1.807, 2.05) is 0 Å². The van der Waals surface area contributed by atoms with Crippen molar-refractivity contribution >= 4 is 71.9 Å². The molecule has 0 aliphatic rings. The summed E-state index contributed by atoms with van der Waals surface area (Å²) in [5, 5.41) is 0. The first-order valence-electron chi connectivity index (χ1n) is 0. The largest absolute Gasteiger partial charge is 5.00 e. The molecule has 16 valence electrons. The monoisotopic (exact) mass is 287 g/mol. The quantitative estimate of drug-likeness (QED) is 0.513. The number of hydrogen-bond acceptors (Lipinski definition) is 0. The van der Waals surface area contributed by atoms with Crippen LogP contribution >= 0.6 is 0 Å². The first-order chi connectivity index (χ1) is 0. The van der Waals surface area contributed by atoms with Crippen molar-refractivity contribution in [1.82, 2.24) is 0 Å². The van der Waals surface area contributed by atoms with Crippen LogP contribution < -0.4 is 0 Å². The fourth-order valence-corrected chi connectivity index (χ4v) is 0. The Morgan fingerprint density at radius 3 is 0.800 bits per heavy atom. The van der Waals surface area contributed by atoms with Crippen LogP contribution in [-0.2, 0) is 33.3 Å². The van der Waals surface area contributed by atoms with Crippen LogP contribution in [0.25, 0.3) is 0 Å². The molecule has 0 aliphatic carbocycles. The molecule has 0 saturated carbocycles. The molecule has 0 aromatic carbocycles. The minimum Gasteiger partial charge on any atom is -2.00 e. The van der Waals surface area contributed by atoms with E-state index < -0.39 is 0 Å². The van der Waals surface area contributed by atoms with E-state index in [0.29, 0.717) is 0 Å². The Balaban J connectivity index is 0. The Morgan fingerprint density at radius 2 is 0.800 bits per heavy atom. The van der Waals surface area contributed by atoms with Gasteiger partial charge in [-0.2, -0.15) is 0 Å².